The summed E-state index contributed by atoms with van der Waals surface area (Å²) in [5.41, 5.74) is 0.683. The Morgan fingerprint density at radius 3 is 2.72 bits per heavy atom. The number of aliphatic imine (C=N–C) groups is 1. The summed E-state index contributed by atoms with van der Waals surface area (Å²) in [6.45, 7) is 0. The highest BCUT2D eigenvalue weighted by Gasteiger charge is 2.26. The monoisotopic (exact) mass is 358 g/mol. The van der Waals surface area contributed by atoms with E-state index in [1.54, 1.807) is 24.3 Å². The quantitative estimate of drug-likeness (QED) is 0.360. The lowest BCUT2D eigenvalue weighted by Crippen LogP contribution is -2.05. The number of hydrogen-bond acceptors (Lipinski definition) is 6. The number of benzene rings is 2. The van der Waals surface area contributed by atoms with Crippen molar-refractivity contribution in [1.29, 1.82) is 0 Å². The summed E-state index contributed by atoms with van der Waals surface area (Å²) < 4.78 is 10.3. The van der Waals surface area contributed by atoms with Gasteiger partial charge in [0.25, 0.3) is 5.69 Å². The Hall–Kier alpha value is -3.19. The van der Waals surface area contributed by atoms with E-state index in [1.165, 1.54) is 31.4 Å². The van der Waals surface area contributed by atoms with Gasteiger partial charge in [0.05, 0.1) is 22.6 Å². The predicted molar refractivity (Wildman–Crippen MR) is 91.7 cm³/mol. The van der Waals surface area contributed by atoms with Crippen molar-refractivity contribution in [3.63, 3.8) is 0 Å². The summed E-state index contributed by atoms with van der Waals surface area (Å²) in [6, 6.07) is 10.9. The standard InChI is InChI=1S/C17H11ClN2O5/c1-24-15-7-6-11(20(22)23)8-10(15)9-14-17(21)25-16(19-14)12-4-2-3-5-13(12)18/h2-9H,1H3/b14-9-. The number of rotatable bonds is 4. The van der Waals surface area contributed by atoms with Crippen LogP contribution in [0.4, 0.5) is 5.69 Å². The molecule has 25 heavy (non-hydrogen) atoms. The molecule has 0 unspecified atom stereocenters. The Kier molecular flexibility index (Phi) is 4.49. The molecule has 0 spiro atoms. The van der Waals surface area contributed by atoms with Crippen LogP contribution in [0, 0.1) is 10.1 Å². The van der Waals surface area contributed by atoms with Crippen molar-refractivity contribution >= 4 is 35.2 Å². The number of nitrogens with zero attached hydrogens (tertiary/aromatic N) is 2. The molecule has 0 saturated carbocycles. The van der Waals surface area contributed by atoms with Gasteiger partial charge in [-0.3, -0.25) is 10.1 Å². The number of hydrogen-bond donors (Lipinski definition) is 0. The van der Waals surface area contributed by atoms with Gasteiger partial charge < -0.3 is 9.47 Å². The topological polar surface area (TPSA) is 91.0 Å². The summed E-state index contributed by atoms with van der Waals surface area (Å²) in [5.74, 6) is -0.234. The van der Waals surface area contributed by atoms with E-state index >= 15 is 0 Å². The van der Waals surface area contributed by atoms with Crippen molar-refractivity contribution in [2.24, 2.45) is 4.99 Å². The van der Waals surface area contributed by atoms with Crippen LogP contribution in [0.3, 0.4) is 0 Å². The number of ether oxygens (including phenoxy) is 2. The number of methoxy groups -OCH3 is 1. The fourth-order valence-corrected chi connectivity index (χ4v) is 2.47. The molecule has 8 heteroatoms. The Labute approximate surface area is 147 Å². The first-order chi connectivity index (χ1) is 12.0. The van der Waals surface area contributed by atoms with Gasteiger partial charge in [0.1, 0.15) is 5.75 Å². The second-order valence-corrected chi connectivity index (χ2v) is 5.41. The molecule has 0 N–H and O–H groups in total. The lowest BCUT2D eigenvalue weighted by atomic mass is 10.1. The number of non-ortho nitro benzene ring substituents is 1. The van der Waals surface area contributed by atoms with Gasteiger partial charge in [0.2, 0.25) is 5.90 Å². The Morgan fingerprint density at radius 2 is 2.04 bits per heavy atom. The molecule has 2 aromatic carbocycles. The zero-order chi connectivity index (χ0) is 18.0. The molecular weight excluding hydrogens is 348 g/mol. The van der Waals surface area contributed by atoms with E-state index in [4.69, 9.17) is 21.1 Å². The van der Waals surface area contributed by atoms with Gasteiger partial charge in [-0.15, -0.1) is 0 Å². The zero-order valence-electron chi connectivity index (χ0n) is 12.9. The fourth-order valence-electron chi connectivity index (χ4n) is 2.25. The third kappa shape index (κ3) is 3.36. The molecule has 126 valence electrons. The van der Waals surface area contributed by atoms with E-state index in [2.05, 4.69) is 4.99 Å². The smallest absolute Gasteiger partial charge is 0.363 e. The van der Waals surface area contributed by atoms with Crippen molar-refractivity contribution in [1.82, 2.24) is 0 Å². The molecule has 7 nitrogen and oxygen atoms in total. The summed E-state index contributed by atoms with van der Waals surface area (Å²) in [5, 5.41) is 11.3. The summed E-state index contributed by atoms with van der Waals surface area (Å²) in [7, 11) is 1.43. The number of carbonyl (C=O) groups is 1. The molecule has 0 saturated heterocycles. The molecule has 1 heterocycles. The fraction of sp³-hybridized carbons (Fsp3) is 0.0588. The maximum Gasteiger partial charge on any atom is 0.363 e. The molecule has 1 aliphatic rings. The van der Waals surface area contributed by atoms with Crippen molar-refractivity contribution in [2.45, 2.75) is 0 Å². The lowest BCUT2D eigenvalue weighted by molar-refractivity contribution is -0.384. The van der Waals surface area contributed by atoms with Gasteiger partial charge in [-0.2, -0.15) is 0 Å². The minimum Gasteiger partial charge on any atom is -0.496 e. The van der Waals surface area contributed by atoms with Crippen LogP contribution in [-0.2, 0) is 9.53 Å². The Balaban J connectivity index is 2.04. The zero-order valence-corrected chi connectivity index (χ0v) is 13.7. The van der Waals surface area contributed by atoms with Gasteiger partial charge in [-0.05, 0) is 24.3 Å². The van der Waals surface area contributed by atoms with E-state index in [0.29, 0.717) is 21.9 Å². The Bertz CT molecular complexity index is 936. The maximum atomic E-state index is 12.1. The van der Waals surface area contributed by atoms with Crippen LogP contribution in [0.1, 0.15) is 11.1 Å². The van der Waals surface area contributed by atoms with Gasteiger partial charge >= 0.3 is 5.97 Å². The second kappa shape index (κ2) is 6.74. The van der Waals surface area contributed by atoms with Crippen LogP contribution in [0.5, 0.6) is 5.75 Å². The minimum absolute atomic E-state index is 0.00582. The highest BCUT2D eigenvalue weighted by atomic mass is 35.5. The molecule has 1 aliphatic heterocycles. The first kappa shape index (κ1) is 16.7. The first-order valence-electron chi connectivity index (χ1n) is 7.09. The molecule has 0 aromatic heterocycles. The third-order valence-corrected chi connectivity index (χ3v) is 3.77. The molecule has 0 amide bonds. The van der Waals surface area contributed by atoms with E-state index in [-0.39, 0.29) is 17.3 Å². The maximum absolute atomic E-state index is 12.1. The van der Waals surface area contributed by atoms with Gasteiger partial charge in [0.15, 0.2) is 5.70 Å². The molecule has 0 aliphatic carbocycles. The van der Waals surface area contributed by atoms with Crippen LogP contribution in [0.15, 0.2) is 53.2 Å². The molecule has 0 fully saturated rings. The average Bonchev–Trinajstić information content (AvgIpc) is 2.95. The molecule has 3 rings (SSSR count). The van der Waals surface area contributed by atoms with E-state index < -0.39 is 10.9 Å². The number of cyclic esters (lactones) is 1. The van der Waals surface area contributed by atoms with Crippen molar-refractivity contribution in [3.05, 3.63) is 74.4 Å². The van der Waals surface area contributed by atoms with Gasteiger partial charge in [-0.25, -0.2) is 9.79 Å². The van der Waals surface area contributed by atoms with E-state index in [0.717, 1.165) is 0 Å². The first-order valence-corrected chi connectivity index (χ1v) is 7.47. The molecule has 0 atom stereocenters. The molecular formula is C17H11ClN2O5. The summed E-state index contributed by atoms with van der Waals surface area (Å²) in [6.07, 6.45) is 1.37. The van der Waals surface area contributed by atoms with Crippen LogP contribution >= 0.6 is 11.6 Å². The van der Waals surface area contributed by atoms with Gasteiger partial charge in [0, 0.05) is 17.7 Å². The average molecular weight is 359 g/mol. The lowest BCUT2D eigenvalue weighted by Gasteiger charge is -2.04. The van der Waals surface area contributed by atoms with Crippen LogP contribution in [0.2, 0.25) is 5.02 Å². The van der Waals surface area contributed by atoms with Crippen molar-refractivity contribution in [3.8, 4) is 5.75 Å². The second-order valence-electron chi connectivity index (χ2n) is 5.00. The predicted octanol–water partition coefficient (Wildman–Crippen LogP) is 3.60. The normalized spacial score (nSPS) is 15.0. The number of nitro benzene ring substituents is 1. The summed E-state index contributed by atoms with van der Waals surface area (Å²) >= 11 is 6.08. The number of halogens is 1. The minimum atomic E-state index is -0.677. The van der Waals surface area contributed by atoms with E-state index in [1.807, 2.05) is 0 Å². The molecule has 0 radical (unpaired) electrons. The van der Waals surface area contributed by atoms with Crippen molar-refractivity contribution in [2.75, 3.05) is 7.11 Å². The molecule has 0 bridgehead atoms. The number of nitro groups is 1. The Morgan fingerprint density at radius 1 is 1.28 bits per heavy atom. The van der Waals surface area contributed by atoms with E-state index in [9.17, 15) is 14.9 Å². The number of carbonyl (C=O) groups excluding carboxylic acids is 1. The van der Waals surface area contributed by atoms with Crippen molar-refractivity contribution < 1.29 is 19.2 Å². The largest absolute Gasteiger partial charge is 0.496 e. The highest BCUT2D eigenvalue weighted by molar-refractivity contribution is 6.34. The molecule has 2 aromatic rings. The highest BCUT2D eigenvalue weighted by Crippen LogP contribution is 2.29. The van der Waals surface area contributed by atoms with Gasteiger partial charge in [-0.1, -0.05) is 23.7 Å². The SMILES string of the molecule is COc1ccc([N+](=O)[O-])cc1/C=C1\N=C(c2ccccc2Cl)OC1=O. The van der Waals surface area contributed by atoms with Crippen LogP contribution in [-0.4, -0.2) is 23.9 Å². The third-order valence-electron chi connectivity index (χ3n) is 3.44. The number of esters is 1. The summed E-state index contributed by atoms with van der Waals surface area (Å²) in [4.78, 5) is 26.6. The van der Waals surface area contributed by atoms with Crippen LogP contribution in [0.25, 0.3) is 6.08 Å². The van der Waals surface area contributed by atoms with Crippen LogP contribution < -0.4 is 4.74 Å².